The lowest BCUT2D eigenvalue weighted by Crippen LogP contribution is -2.36. The molecule has 0 saturated carbocycles. The first-order chi connectivity index (χ1) is 6.36. The Kier molecular flexibility index (Phi) is 2.27. The van der Waals surface area contributed by atoms with Gasteiger partial charge in [0.05, 0.1) is 6.34 Å². The highest BCUT2D eigenvalue weighted by Gasteiger charge is 2.15. The number of rotatable bonds is 2. The molecule has 0 bridgehead atoms. The van der Waals surface area contributed by atoms with Crippen molar-refractivity contribution in [2.45, 2.75) is 19.6 Å². The molecule has 1 aliphatic heterocycles. The van der Waals surface area contributed by atoms with Crippen LogP contribution in [0.4, 0.5) is 0 Å². The van der Waals surface area contributed by atoms with Crippen LogP contribution in [0.25, 0.3) is 0 Å². The first kappa shape index (κ1) is 8.26. The van der Waals surface area contributed by atoms with Gasteiger partial charge in [-0.3, -0.25) is 4.99 Å². The highest BCUT2D eigenvalue weighted by Crippen LogP contribution is 2.08. The normalized spacial score (nSPS) is 21.8. The molecule has 3 nitrogen and oxygen atoms in total. The first-order valence-electron chi connectivity index (χ1n) is 4.44. The van der Waals surface area contributed by atoms with Crippen molar-refractivity contribution in [3.63, 3.8) is 0 Å². The average molecular weight is 175 g/mol. The smallest absolute Gasteiger partial charge is 0.118 e. The third-order valence-electron chi connectivity index (χ3n) is 2.16. The topological polar surface area (TPSA) is 27.6 Å². The van der Waals surface area contributed by atoms with E-state index in [0.717, 1.165) is 6.54 Å². The summed E-state index contributed by atoms with van der Waals surface area (Å²) in [6, 6.07) is 10.4. The second-order valence-corrected chi connectivity index (χ2v) is 3.15. The molecule has 2 rings (SSSR count). The minimum absolute atomic E-state index is 0.236. The zero-order valence-electron chi connectivity index (χ0n) is 7.64. The van der Waals surface area contributed by atoms with Crippen LogP contribution in [0.1, 0.15) is 12.5 Å². The molecule has 1 aromatic rings. The van der Waals surface area contributed by atoms with Gasteiger partial charge in [-0.25, -0.2) is 0 Å². The standard InChI is InChI=1S/C10H13N3/c1-9-11-8-12-13(9)7-10-5-3-2-4-6-10/h2-6,8-9H,7H2,1H3,(H,11,12). The van der Waals surface area contributed by atoms with Gasteiger partial charge >= 0.3 is 0 Å². The molecule has 0 spiro atoms. The molecule has 1 N–H and O–H groups in total. The number of nitrogens with one attached hydrogen (secondary N) is 1. The third kappa shape index (κ3) is 1.87. The predicted octanol–water partition coefficient (Wildman–Crippen LogP) is 1.38. The summed E-state index contributed by atoms with van der Waals surface area (Å²) in [6.45, 7) is 2.96. The Morgan fingerprint density at radius 2 is 2.15 bits per heavy atom. The Labute approximate surface area is 78.1 Å². The Morgan fingerprint density at radius 3 is 2.77 bits per heavy atom. The SMILES string of the molecule is CC1N=CNN1Cc1ccccc1. The molecule has 0 fully saturated rings. The second kappa shape index (κ2) is 3.58. The Morgan fingerprint density at radius 1 is 1.38 bits per heavy atom. The summed E-state index contributed by atoms with van der Waals surface area (Å²) in [7, 11) is 0. The van der Waals surface area contributed by atoms with Gasteiger partial charge in [-0.1, -0.05) is 30.3 Å². The number of hydrogen-bond acceptors (Lipinski definition) is 3. The summed E-state index contributed by atoms with van der Waals surface area (Å²) in [6.07, 6.45) is 1.98. The zero-order chi connectivity index (χ0) is 9.10. The molecule has 13 heavy (non-hydrogen) atoms. The molecule has 0 aromatic heterocycles. The predicted molar refractivity (Wildman–Crippen MR) is 53.1 cm³/mol. The van der Waals surface area contributed by atoms with Crippen LogP contribution < -0.4 is 5.43 Å². The van der Waals surface area contributed by atoms with Gasteiger partial charge < -0.3 is 5.43 Å². The van der Waals surface area contributed by atoms with E-state index in [1.807, 2.05) is 6.07 Å². The molecule has 0 amide bonds. The van der Waals surface area contributed by atoms with Crippen LogP contribution in [-0.2, 0) is 6.54 Å². The maximum Gasteiger partial charge on any atom is 0.118 e. The molecular formula is C10H13N3. The Balaban J connectivity index is 1.99. The molecule has 0 saturated heterocycles. The fourth-order valence-corrected chi connectivity index (χ4v) is 1.36. The molecule has 1 unspecified atom stereocenters. The number of hydrogen-bond donors (Lipinski definition) is 1. The monoisotopic (exact) mass is 175 g/mol. The minimum Gasteiger partial charge on any atom is -0.307 e. The zero-order valence-corrected chi connectivity index (χ0v) is 7.64. The van der Waals surface area contributed by atoms with Gasteiger partial charge in [0.15, 0.2) is 0 Å². The van der Waals surface area contributed by atoms with Crippen molar-refractivity contribution in [3.8, 4) is 0 Å². The minimum atomic E-state index is 0.236. The fourth-order valence-electron chi connectivity index (χ4n) is 1.36. The number of aliphatic imine (C=N–C) groups is 1. The lowest BCUT2D eigenvalue weighted by molar-refractivity contribution is 0.194. The number of benzene rings is 1. The van der Waals surface area contributed by atoms with Gasteiger partial charge in [0.25, 0.3) is 0 Å². The van der Waals surface area contributed by atoms with Crippen LogP contribution in [0, 0.1) is 0 Å². The lowest BCUT2D eigenvalue weighted by atomic mass is 10.2. The first-order valence-corrected chi connectivity index (χ1v) is 4.44. The second-order valence-electron chi connectivity index (χ2n) is 3.15. The van der Waals surface area contributed by atoms with E-state index in [2.05, 4.69) is 46.6 Å². The van der Waals surface area contributed by atoms with E-state index in [9.17, 15) is 0 Å². The van der Waals surface area contributed by atoms with Crippen LogP contribution in [0.2, 0.25) is 0 Å². The lowest BCUT2D eigenvalue weighted by Gasteiger charge is -2.19. The maximum atomic E-state index is 4.20. The Bertz CT molecular complexity index is 294. The van der Waals surface area contributed by atoms with Crippen molar-refractivity contribution in [3.05, 3.63) is 35.9 Å². The molecule has 1 aliphatic rings. The molecule has 0 radical (unpaired) electrons. The molecule has 1 atom stereocenters. The van der Waals surface area contributed by atoms with E-state index in [1.54, 1.807) is 6.34 Å². The van der Waals surface area contributed by atoms with Crippen molar-refractivity contribution in [2.75, 3.05) is 0 Å². The molecule has 68 valence electrons. The van der Waals surface area contributed by atoms with Crippen molar-refractivity contribution in [1.29, 1.82) is 0 Å². The van der Waals surface area contributed by atoms with Crippen molar-refractivity contribution < 1.29 is 0 Å². The largest absolute Gasteiger partial charge is 0.307 e. The van der Waals surface area contributed by atoms with Crippen molar-refractivity contribution in [1.82, 2.24) is 10.4 Å². The summed E-state index contributed by atoms with van der Waals surface area (Å²) < 4.78 is 0. The number of hydrazine groups is 1. The van der Waals surface area contributed by atoms with Crippen molar-refractivity contribution >= 4 is 6.34 Å². The average Bonchev–Trinajstić information content (AvgIpc) is 2.54. The summed E-state index contributed by atoms with van der Waals surface area (Å²) in [5, 5.41) is 2.09. The van der Waals surface area contributed by atoms with Crippen LogP contribution in [0.3, 0.4) is 0 Å². The van der Waals surface area contributed by atoms with E-state index >= 15 is 0 Å². The van der Waals surface area contributed by atoms with E-state index in [0.29, 0.717) is 0 Å². The highest BCUT2D eigenvalue weighted by atomic mass is 15.6. The van der Waals surface area contributed by atoms with Gasteiger partial charge in [0, 0.05) is 6.54 Å². The van der Waals surface area contributed by atoms with Gasteiger partial charge in [0.1, 0.15) is 6.17 Å². The summed E-state index contributed by atoms with van der Waals surface area (Å²) >= 11 is 0. The summed E-state index contributed by atoms with van der Waals surface area (Å²) in [5.74, 6) is 0. The van der Waals surface area contributed by atoms with Crippen LogP contribution in [0.15, 0.2) is 35.3 Å². The van der Waals surface area contributed by atoms with E-state index in [4.69, 9.17) is 0 Å². The maximum absolute atomic E-state index is 4.20. The van der Waals surface area contributed by atoms with Gasteiger partial charge in [-0.15, -0.1) is 0 Å². The number of nitrogens with zero attached hydrogens (tertiary/aromatic N) is 2. The highest BCUT2D eigenvalue weighted by molar-refractivity contribution is 5.55. The van der Waals surface area contributed by atoms with Crippen molar-refractivity contribution in [2.24, 2.45) is 4.99 Å². The molecule has 3 heteroatoms. The summed E-state index contributed by atoms with van der Waals surface area (Å²) in [5.41, 5.74) is 4.39. The molecule has 1 aromatic carbocycles. The van der Waals surface area contributed by atoms with E-state index in [-0.39, 0.29) is 6.17 Å². The Hall–Kier alpha value is -1.35. The van der Waals surface area contributed by atoms with E-state index < -0.39 is 0 Å². The molecule has 1 heterocycles. The van der Waals surface area contributed by atoms with Crippen LogP contribution >= 0.6 is 0 Å². The van der Waals surface area contributed by atoms with E-state index in [1.165, 1.54) is 5.56 Å². The van der Waals surface area contributed by atoms with Crippen LogP contribution in [-0.4, -0.2) is 17.5 Å². The van der Waals surface area contributed by atoms with Gasteiger partial charge in [-0.05, 0) is 12.5 Å². The molecular weight excluding hydrogens is 162 g/mol. The third-order valence-corrected chi connectivity index (χ3v) is 2.16. The van der Waals surface area contributed by atoms with Gasteiger partial charge in [-0.2, -0.15) is 5.01 Å². The van der Waals surface area contributed by atoms with Gasteiger partial charge in [0.2, 0.25) is 0 Å². The molecule has 0 aliphatic carbocycles. The fraction of sp³-hybridized carbons (Fsp3) is 0.300. The van der Waals surface area contributed by atoms with Crippen LogP contribution in [0.5, 0.6) is 0 Å². The quantitative estimate of drug-likeness (QED) is 0.735. The summed E-state index contributed by atoms with van der Waals surface area (Å²) in [4.78, 5) is 4.20.